The molecule has 0 saturated carbocycles. The summed E-state index contributed by atoms with van der Waals surface area (Å²) in [4.78, 5) is 3.13. The minimum atomic E-state index is -2.97. The van der Waals surface area contributed by atoms with Crippen LogP contribution in [0.3, 0.4) is 0 Å². The number of aliphatic hydroxyl groups is 1. The summed E-state index contributed by atoms with van der Waals surface area (Å²) in [6, 6.07) is 1.94. The number of pyridine rings is 1. The van der Waals surface area contributed by atoms with E-state index in [1.165, 1.54) is 6.07 Å². The van der Waals surface area contributed by atoms with E-state index in [4.69, 9.17) is 10.4 Å². The third kappa shape index (κ3) is 1.83. The molecule has 1 heterocycles. The standard InChI is InChI=1S/C8H5F3N2O/c9-7-1-4(8(10)11)5(2-12)6(3-14)13-7/h1,8,14H,3H2. The molecule has 14 heavy (non-hydrogen) atoms. The third-order valence-corrected chi connectivity index (χ3v) is 1.59. The van der Waals surface area contributed by atoms with Crippen LogP contribution in [0.15, 0.2) is 6.07 Å². The van der Waals surface area contributed by atoms with Crippen LogP contribution in [0, 0.1) is 17.3 Å². The van der Waals surface area contributed by atoms with Crippen molar-refractivity contribution in [3.63, 3.8) is 0 Å². The highest BCUT2D eigenvalue weighted by molar-refractivity contribution is 5.41. The first-order chi connectivity index (χ1) is 6.60. The van der Waals surface area contributed by atoms with Gasteiger partial charge in [-0.2, -0.15) is 9.65 Å². The van der Waals surface area contributed by atoms with Gasteiger partial charge in [-0.1, -0.05) is 0 Å². The zero-order chi connectivity index (χ0) is 10.7. The predicted molar refractivity (Wildman–Crippen MR) is 39.8 cm³/mol. The molecule has 0 aliphatic carbocycles. The normalized spacial score (nSPS) is 10.3. The molecule has 0 aliphatic rings. The number of aromatic nitrogens is 1. The summed E-state index contributed by atoms with van der Waals surface area (Å²) < 4.78 is 37.2. The van der Waals surface area contributed by atoms with E-state index >= 15 is 0 Å². The highest BCUT2D eigenvalue weighted by atomic mass is 19.3. The molecule has 3 nitrogen and oxygen atoms in total. The second-order valence-electron chi connectivity index (χ2n) is 2.43. The van der Waals surface area contributed by atoms with Crippen LogP contribution in [0.4, 0.5) is 13.2 Å². The van der Waals surface area contributed by atoms with Crippen LogP contribution in [0.2, 0.25) is 0 Å². The average molecular weight is 202 g/mol. The maximum atomic E-state index is 12.6. The van der Waals surface area contributed by atoms with Crippen LogP contribution >= 0.6 is 0 Å². The maximum absolute atomic E-state index is 12.6. The molecule has 0 radical (unpaired) electrons. The van der Waals surface area contributed by atoms with Crippen molar-refractivity contribution < 1.29 is 18.3 Å². The van der Waals surface area contributed by atoms with Gasteiger partial charge in [0.2, 0.25) is 5.95 Å². The molecule has 0 unspecified atom stereocenters. The Balaban J connectivity index is 3.41. The van der Waals surface area contributed by atoms with Gasteiger partial charge < -0.3 is 5.11 Å². The first kappa shape index (κ1) is 10.5. The summed E-state index contributed by atoms with van der Waals surface area (Å²) in [5.74, 6) is -1.14. The number of halogens is 3. The Morgan fingerprint density at radius 1 is 1.57 bits per heavy atom. The molecule has 0 spiro atoms. The van der Waals surface area contributed by atoms with Crippen molar-refractivity contribution >= 4 is 0 Å². The molecule has 0 amide bonds. The summed E-state index contributed by atoms with van der Waals surface area (Å²) in [5, 5.41) is 17.2. The lowest BCUT2D eigenvalue weighted by Crippen LogP contribution is -2.03. The molecule has 6 heteroatoms. The van der Waals surface area contributed by atoms with E-state index in [0.29, 0.717) is 6.07 Å². The molecule has 0 fully saturated rings. The molecular formula is C8H5F3N2O. The zero-order valence-corrected chi connectivity index (χ0v) is 6.84. The van der Waals surface area contributed by atoms with Gasteiger partial charge in [0.25, 0.3) is 6.43 Å². The highest BCUT2D eigenvalue weighted by Crippen LogP contribution is 2.24. The summed E-state index contributed by atoms with van der Waals surface area (Å²) in [5.41, 5.74) is -1.59. The molecule has 0 atom stereocenters. The summed E-state index contributed by atoms with van der Waals surface area (Å²) in [6.45, 7) is -0.750. The van der Waals surface area contributed by atoms with Gasteiger partial charge in [0, 0.05) is 11.6 Å². The van der Waals surface area contributed by atoms with Crippen molar-refractivity contribution in [3.05, 3.63) is 28.8 Å². The van der Waals surface area contributed by atoms with Crippen LogP contribution in [0.25, 0.3) is 0 Å². The quantitative estimate of drug-likeness (QED) is 0.739. The van der Waals surface area contributed by atoms with Gasteiger partial charge in [0.05, 0.1) is 17.9 Å². The Morgan fingerprint density at radius 2 is 2.21 bits per heavy atom. The molecule has 1 N–H and O–H groups in total. The summed E-state index contributed by atoms with van der Waals surface area (Å²) >= 11 is 0. The Bertz CT molecular complexity index is 387. The van der Waals surface area contributed by atoms with Crippen LogP contribution in [0.5, 0.6) is 0 Å². The largest absolute Gasteiger partial charge is 0.390 e. The number of aliphatic hydroxyl groups excluding tert-OH is 1. The SMILES string of the molecule is N#Cc1c(C(F)F)cc(F)nc1CO. The highest BCUT2D eigenvalue weighted by Gasteiger charge is 2.18. The van der Waals surface area contributed by atoms with Crippen molar-refractivity contribution in [2.45, 2.75) is 13.0 Å². The molecule has 0 aliphatic heterocycles. The van der Waals surface area contributed by atoms with Crippen molar-refractivity contribution in [1.29, 1.82) is 5.26 Å². The Kier molecular flexibility index (Phi) is 3.04. The summed E-state index contributed by atoms with van der Waals surface area (Å²) in [7, 11) is 0. The van der Waals surface area contributed by atoms with Gasteiger partial charge in [-0.25, -0.2) is 13.8 Å². The van der Waals surface area contributed by atoms with E-state index in [2.05, 4.69) is 4.98 Å². The fraction of sp³-hybridized carbons (Fsp3) is 0.250. The molecule has 0 saturated heterocycles. The number of nitriles is 1. The van der Waals surface area contributed by atoms with Crippen LogP contribution < -0.4 is 0 Å². The third-order valence-electron chi connectivity index (χ3n) is 1.59. The fourth-order valence-electron chi connectivity index (χ4n) is 1.000. The number of hydrogen-bond donors (Lipinski definition) is 1. The smallest absolute Gasteiger partial charge is 0.265 e. The van der Waals surface area contributed by atoms with Crippen LogP contribution in [-0.4, -0.2) is 10.1 Å². The first-order valence-corrected chi connectivity index (χ1v) is 3.58. The molecule has 74 valence electrons. The number of hydrogen-bond acceptors (Lipinski definition) is 3. The van der Waals surface area contributed by atoms with E-state index in [1.54, 1.807) is 0 Å². The fourth-order valence-corrected chi connectivity index (χ4v) is 1.000. The molecule has 0 bridgehead atoms. The molecular weight excluding hydrogens is 197 g/mol. The monoisotopic (exact) mass is 202 g/mol. The lowest BCUT2D eigenvalue weighted by molar-refractivity contribution is 0.150. The van der Waals surface area contributed by atoms with E-state index in [0.717, 1.165) is 0 Å². The predicted octanol–water partition coefficient (Wildman–Crippen LogP) is 1.52. The number of alkyl halides is 2. The van der Waals surface area contributed by atoms with E-state index in [1.807, 2.05) is 0 Å². The average Bonchev–Trinajstić information content (AvgIpc) is 2.16. The molecule has 1 rings (SSSR count). The number of rotatable bonds is 2. The lowest BCUT2D eigenvalue weighted by Gasteiger charge is -2.05. The van der Waals surface area contributed by atoms with E-state index in [9.17, 15) is 13.2 Å². The Morgan fingerprint density at radius 3 is 2.64 bits per heavy atom. The van der Waals surface area contributed by atoms with Gasteiger partial charge in [-0.05, 0) is 0 Å². The second-order valence-corrected chi connectivity index (χ2v) is 2.43. The van der Waals surface area contributed by atoms with Gasteiger partial charge >= 0.3 is 0 Å². The number of nitrogens with zero attached hydrogens (tertiary/aromatic N) is 2. The Labute approximate surface area is 77.4 Å². The van der Waals surface area contributed by atoms with Gasteiger partial charge in [-0.15, -0.1) is 0 Å². The van der Waals surface area contributed by atoms with Crippen LogP contribution in [0.1, 0.15) is 23.2 Å². The lowest BCUT2D eigenvalue weighted by atomic mass is 10.1. The van der Waals surface area contributed by atoms with Crippen molar-refractivity contribution in [3.8, 4) is 6.07 Å². The van der Waals surface area contributed by atoms with Crippen LogP contribution in [-0.2, 0) is 6.61 Å². The van der Waals surface area contributed by atoms with Crippen molar-refractivity contribution in [2.75, 3.05) is 0 Å². The summed E-state index contributed by atoms with van der Waals surface area (Å²) in [6.07, 6.45) is -2.97. The van der Waals surface area contributed by atoms with Gasteiger partial charge in [0.1, 0.15) is 6.07 Å². The molecule has 1 aromatic rings. The zero-order valence-electron chi connectivity index (χ0n) is 6.84. The van der Waals surface area contributed by atoms with Crippen molar-refractivity contribution in [1.82, 2.24) is 4.98 Å². The topological polar surface area (TPSA) is 56.9 Å². The van der Waals surface area contributed by atoms with E-state index in [-0.39, 0.29) is 5.69 Å². The van der Waals surface area contributed by atoms with Crippen molar-refractivity contribution in [2.24, 2.45) is 0 Å². The molecule has 1 aromatic heterocycles. The van der Waals surface area contributed by atoms with E-state index < -0.39 is 30.1 Å². The first-order valence-electron chi connectivity index (χ1n) is 3.58. The Hall–Kier alpha value is -1.61. The minimum Gasteiger partial charge on any atom is -0.390 e. The van der Waals surface area contributed by atoms with Gasteiger partial charge in [-0.3, -0.25) is 0 Å². The maximum Gasteiger partial charge on any atom is 0.265 e. The second kappa shape index (κ2) is 4.07. The molecule has 0 aromatic carbocycles. The van der Waals surface area contributed by atoms with Gasteiger partial charge in [0.15, 0.2) is 0 Å². The minimum absolute atomic E-state index is 0.372.